The number of quaternary nitrogens is 1. The molecule has 0 unspecified atom stereocenters. The lowest BCUT2D eigenvalue weighted by Gasteiger charge is -2.47. The molecule has 5 aromatic carbocycles. The highest BCUT2D eigenvalue weighted by atomic mass is 28.4. The van der Waals surface area contributed by atoms with Crippen LogP contribution in [0, 0.1) is 5.21 Å². The second kappa shape index (κ2) is 18.0. The number of imidazole rings is 1. The molecule has 2 aromatic heterocycles. The van der Waals surface area contributed by atoms with Gasteiger partial charge in [0.25, 0.3) is 22.2 Å². The Morgan fingerprint density at radius 2 is 1.15 bits per heavy atom. The van der Waals surface area contributed by atoms with E-state index in [-0.39, 0.29) is 41.5 Å². The smallest absolute Gasteiger partial charge is 0.354 e. The molecule has 2 aliphatic heterocycles. The van der Waals surface area contributed by atoms with Crippen LogP contribution in [0.25, 0.3) is 11.2 Å². The number of nitrogens with zero attached hydrogens (tertiary/aromatic N) is 4. The molecule has 350 valence electrons. The molecule has 1 fully saturated rings. The van der Waals surface area contributed by atoms with E-state index in [4.69, 9.17) is 24.1 Å². The average Bonchev–Trinajstić information content (AvgIpc) is 3.96. The van der Waals surface area contributed by atoms with Crippen LogP contribution < -0.4 is 32.0 Å². The van der Waals surface area contributed by atoms with E-state index in [9.17, 15) is 19.6 Å². The molecule has 1 saturated heterocycles. The number of hydroxylamine groups is 3. The maximum atomic E-state index is 14.4. The predicted molar refractivity (Wildman–Crippen MR) is 266 cm³/mol. The summed E-state index contributed by atoms with van der Waals surface area (Å²) in [6.07, 6.45) is -2.56. The highest BCUT2D eigenvalue weighted by molar-refractivity contribution is 7.00. The first kappa shape index (κ1) is 46.9. The van der Waals surface area contributed by atoms with Crippen LogP contribution in [0.5, 0.6) is 0 Å². The minimum atomic E-state index is -3.46. The Balaban J connectivity index is 1.22. The number of amides is 2. The summed E-state index contributed by atoms with van der Waals surface area (Å²) in [6.45, 7) is 12.3. The highest BCUT2D eigenvalue weighted by Crippen LogP contribution is 2.44. The van der Waals surface area contributed by atoms with Crippen LogP contribution >= 0.6 is 0 Å². The quantitative estimate of drug-likeness (QED) is 0.0581. The molecular weight excluding hydrogens is 893 g/mol. The zero-order valence-electron chi connectivity index (χ0n) is 39.0. The van der Waals surface area contributed by atoms with Crippen molar-refractivity contribution in [2.75, 3.05) is 25.5 Å². The number of hydrogen-bond acceptors (Lipinski definition) is 11. The Kier molecular flexibility index (Phi) is 12.4. The third-order valence-corrected chi connectivity index (χ3v) is 23.4. The number of fused-ring (bicyclic) bond motifs is 2. The van der Waals surface area contributed by atoms with Crippen LogP contribution in [0.4, 0.5) is 5.95 Å². The normalized spacial score (nSPS) is 19.7. The van der Waals surface area contributed by atoms with E-state index in [0.717, 1.165) is 20.7 Å². The van der Waals surface area contributed by atoms with Crippen molar-refractivity contribution in [3.63, 3.8) is 0 Å². The standard InChI is InChI=1S/C52H56N6O8Si2/c1-51(2,3)67(35-21-11-7-12-22-35,36-23-13-8-14-24-36)64-33-41-43(66-68(52(4,5)6,37-25-15-9-16-26-37)38-27-17-10-18-28-38)44(47(65-41)57-34-54-42-45(57)55-50(53)56-46(42)59)63-32-31-58(62)48(60)39-29-19-20-30-40(39)49(58)61/h7-30,34,41,43-44,47H,31-33H2,1-6H3,(H3,53,55,56,59)/t41-,43-,44-,47-/m1/s1. The molecule has 2 amide bonds. The first-order valence-electron chi connectivity index (χ1n) is 22.8. The van der Waals surface area contributed by atoms with Gasteiger partial charge in [-0.1, -0.05) is 175 Å². The van der Waals surface area contributed by atoms with Gasteiger partial charge in [0.15, 0.2) is 17.4 Å². The second-order valence-electron chi connectivity index (χ2n) is 19.5. The number of aromatic nitrogens is 4. The molecule has 0 spiro atoms. The summed E-state index contributed by atoms with van der Waals surface area (Å²) in [5.74, 6) is -1.84. The van der Waals surface area contributed by atoms with Gasteiger partial charge in [-0.15, -0.1) is 0 Å². The number of anilines is 1. The first-order valence-corrected chi connectivity index (χ1v) is 26.6. The Morgan fingerprint density at radius 1 is 0.691 bits per heavy atom. The van der Waals surface area contributed by atoms with Crippen LogP contribution in [-0.4, -0.2) is 90.7 Å². The second-order valence-corrected chi connectivity index (χ2v) is 28.1. The molecule has 4 heterocycles. The summed E-state index contributed by atoms with van der Waals surface area (Å²) in [4.78, 5) is 52.2. The zero-order valence-corrected chi connectivity index (χ0v) is 41.0. The number of ether oxygens (including phenoxy) is 2. The lowest BCUT2D eigenvalue weighted by Crippen LogP contribution is -2.70. The number of carbonyl (C=O) groups excluding carboxylic acids is 2. The molecule has 7 aromatic rings. The Bertz CT molecular complexity index is 2880. The third kappa shape index (κ3) is 7.89. The first-order chi connectivity index (χ1) is 32.5. The van der Waals surface area contributed by atoms with Crippen molar-refractivity contribution in [1.29, 1.82) is 0 Å². The molecule has 9 rings (SSSR count). The molecule has 16 heteroatoms. The van der Waals surface area contributed by atoms with Crippen LogP contribution in [0.1, 0.15) is 68.5 Å². The Hall–Kier alpha value is -6.22. The number of nitrogen functional groups attached to an aromatic ring is 1. The van der Waals surface area contributed by atoms with Gasteiger partial charge in [-0.25, -0.2) is 19.2 Å². The number of rotatable bonds is 14. The van der Waals surface area contributed by atoms with Crippen molar-refractivity contribution in [3.8, 4) is 0 Å². The van der Waals surface area contributed by atoms with Gasteiger partial charge in [-0.3, -0.25) is 14.3 Å². The fourth-order valence-corrected chi connectivity index (χ4v) is 19.5. The maximum absolute atomic E-state index is 14.4. The van der Waals surface area contributed by atoms with Gasteiger partial charge in [0.2, 0.25) is 5.95 Å². The molecule has 0 aliphatic carbocycles. The molecule has 4 atom stereocenters. The van der Waals surface area contributed by atoms with Gasteiger partial charge in [0, 0.05) is 0 Å². The third-order valence-electron chi connectivity index (χ3n) is 13.4. The Morgan fingerprint density at radius 3 is 1.62 bits per heavy atom. The fourth-order valence-electron chi connectivity index (χ4n) is 10.2. The summed E-state index contributed by atoms with van der Waals surface area (Å²) in [7, 11) is -6.68. The SMILES string of the molecule is CC(C)(C)[Si](OC[C@H]1O[C@@H](n2cnc3c(=O)[nH]c(N)nc32)[C@H](OCC[N+]2([O-])C(=O)c3ccccc3C2=O)[C@@H]1O[Si](c1ccccc1)(c1ccccc1)C(C)(C)C)(c1ccccc1)c1ccccc1. The van der Waals surface area contributed by atoms with E-state index in [1.54, 1.807) is 16.7 Å². The van der Waals surface area contributed by atoms with Gasteiger partial charge in [-0.05, 0) is 43.0 Å². The van der Waals surface area contributed by atoms with Gasteiger partial charge in [0.05, 0.1) is 30.7 Å². The Labute approximate surface area is 397 Å². The van der Waals surface area contributed by atoms with E-state index in [2.05, 4.69) is 105 Å². The fraction of sp³-hybridized carbons (Fsp3) is 0.288. The van der Waals surface area contributed by atoms with E-state index >= 15 is 0 Å². The van der Waals surface area contributed by atoms with E-state index in [1.807, 2.05) is 72.8 Å². The van der Waals surface area contributed by atoms with Crippen LogP contribution in [0.15, 0.2) is 157 Å². The number of aromatic amines is 1. The minimum Gasteiger partial charge on any atom is -0.617 e. The van der Waals surface area contributed by atoms with Crippen molar-refractivity contribution in [2.24, 2.45) is 0 Å². The average molecular weight is 949 g/mol. The molecule has 2 aliphatic rings. The summed E-state index contributed by atoms with van der Waals surface area (Å²) in [5.41, 5.74) is 5.91. The van der Waals surface area contributed by atoms with Gasteiger partial charge < -0.3 is 29.3 Å². The zero-order chi connectivity index (χ0) is 48.1. The van der Waals surface area contributed by atoms with E-state index in [0.29, 0.717) is 0 Å². The molecule has 14 nitrogen and oxygen atoms in total. The molecule has 0 bridgehead atoms. The summed E-state index contributed by atoms with van der Waals surface area (Å²) < 4.78 is 29.7. The number of benzene rings is 5. The van der Waals surface area contributed by atoms with Crippen molar-refractivity contribution in [1.82, 2.24) is 19.5 Å². The van der Waals surface area contributed by atoms with Crippen LogP contribution in [0.2, 0.25) is 10.1 Å². The van der Waals surface area contributed by atoms with Crippen molar-refractivity contribution < 1.29 is 32.6 Å². The summed E-state index contributed by atoms with van der Waals surface area (Å²) in [5, 5.41) is 17.6. The molecular formula is C52H56N6O8Si2. The molecule has 0 radical (unpaired) electrons. The van der Waals surface area contributed by atoms with Crippen molar-refractivity contribution in [3.05, 3.63) is 179 Å². The molecule has 0 saturated carbocycles. The lowest BCUT2D eigenvalue weighted by molar-refractivity contribution is -0.709. The number of H-pyrrole nitrogens is 1. The maximum Gasteiger partial charge on any atom is 0.354 e. The minimum absolute atomic E-state index is 0.0170. The van der Waals surface area contributed by atoms with E-state index < -0.39 is 79.8 Å². The molecule has 68 heavy (non-hydrogen) atoms. The van der Waals surface area contributed by atoms with Crippen molar-refractivity contribution in [2.45, 2.75) is 76.2 Å². The monoisotopic (exact) mass is 948 g/mol. The topological polar surface area (TPSA) is 184 Å². The van der Waals surface area contributed by atoms with Gasteiger partial charge in [-0.2, -0.15) is 4.98 Å². The predicted octanol–water partition coefficient (Wildman–Crippen LogP) is 5.82. The number of nitrogens with two attached hydrogens (primary N) is 1. The van der Waals surface area contributed by atoms with Crippen LogP contribution in [0.3, 0.4) is 0 Å². The number of nitrogens with one attached hydrogen (secondary N) is 1. The summed E-state index contributed by atoms with van der Waals surface area (Å²) in [6, 6.07) is 47.2. The summed E-state index contributed by atoms with van der Waals surface area (Å²) >= 11 is 0. The number of imide groups is 1. The van der Waals surface area contributed by atoms with Crippen molar-refractivity contribution >= 4 is 66.3 Å². The van der Waals surface area contributed by atoms with Gasteiger partial charge >= 0.3 is 11.8 Å². The number of hydrogen-bond donors (Lipinski definition) is 2. The van der Waals surface area contributed by atoms with Gasteiger partial charge in [0.1, 0.15) is 24.9 Å². The number of carbonyl (C=O) groups is 2. The van der Waals surface area contributed by atoms with E-state index in [1.165, 1.54) is 18.5 Å². The molecule has 3 N–H and O–H groups in total. The van der Waals surface area contributed by atoms with Crippen LogP contribution in [-0.2, 0) is 18.3 Å². The largest absolute Gasteiger partial charge is 0.617 e. The lowest BCUT2D eigenvalue weighted by atomic mass is 10.1. The highest BCUT2D eigenvalue weighted by Gasteiger charge is 2.59.